The second-order valence-corrected chi connectivity index (χ2v) is 3.85. The van der Waals surface area contributed by atoms with E-state index in [2.05, 4.69) is 5.32 Å². The molecule has 1 amide bonds. The van der Waals surface area contributed by atoms with E-state index in [1.54, 1.807) is 6.92 Å². The predicted octanol–water partition coefficient (Wildman–Crippen LogP) is 1.60. The lowest BCUT2D eigenvalue weighted by atomic mass is 10.1. The fourth-order valence-electron chi connectivity index (χ4n) is 1.29. The van der Waals surface area contributed by atoms with E-state index >= 15 is 0 Å². The number of amides is 1. The van der Waals surface area contributed by atoms with Crippen molar-refractivity contribution in [2.45, 2.75) is 26.3 Å². The monoisotopic (exact) mass is 241 g/mol. The van der Waals surface area contributed by atoms with E-state index in [1.165, 1.54) is 6.92 Å². The van der Waals surface area contributed by atoms with Gasteiger partial charge in [-0.3, -0.25) is 9.59 Å². The summed E-state index contributed by atoms with van der Waals surface area (Å²) < 4.78 is 25.7. The Hall–Kier alpha value is -1.78. The molecule has 0 aliphatic heterocycles. The predicted molar refractivity (Wildman–Crippen MR) is 58.3 cm³/mol. The molecule has 0 heterocycles. The highest BCUT2D eigenvalue weighted by Crippen LogP contribution is 2.08. The van der Waals surface area contributed by atoms with Gasteiger partial charge in [-0.05, 0) is 31.5 Å². The topological polar surface area (TPSA) is 46.2 Å². The number of Topliss-reactive ketones (excluding diaryl/α,β-unsaturated/α-hetero) is 1. The van der Waals surface area contributed by atoms with Crippen molar-refractivity contribution in [1.29, 1.82) is 0 Å². The van der Waals surface area contributed by atoms with E-state index in [0.29, 0.717) is 0 Å². The van der Waals surface area contributed by atoms with E-state index in [9.17, 15) is 18.4 Å². The number of ketones is 1. The normalized spacial score (nSPS) is 12.0. The van der Waals surface area contributed by atoms with Crippen LogP contribution in [0.1, 0.15) is 19.4 Å². The smallest absolute Gasteiger partial charge is 0.224 e. The van der Waals surface area contributed by atoms with Crippen molar-refractivity contribution in [2.75, 3.05) is 0 Å². The lowest BCUT2D eigenvalue weighted by Crippen LogP contribution is -2.38. The highest BCUT2D eigenvalue weighted by molar-refractivity contribution is 5.87. The Morgan fingerprint density at radius 2 is 1.76 bits per heavy atom. The first kappa shape index (κ1) is 13.3. The first-order valence-corrected chi connectivity index (χ1v) is 5.13. The van der Waals surface area contributed by atoms with Crippen LogP contribution in [0.25, 0.3) is 0 Å². The molecule has 1 aromatic rings. The largest absolute Gasteiger partial charge is 0.346 e. The molecule has 0 bridgehead atoms. The number of benzene rings is 1. The van der Waals surface area contributed by atoms with Gasteiger partial charge in [0.15, 0.2) is 5.78 Å². The minimum atomic E-state index is -0.729. The second kappa shape index (κ2) is 5.52. The molecule has 0 aliphatic carbocycles. The first-order chi connectivity index (χ1) is 7.88. The molecule has 5 heteroatoms. The van der Waals surface area contributed by atoms with E-state index in [4.69, 9.17) is 0 Å². The highest BCUT2D eigenvalue weighted by atomic mass is 19.1. The molecule has 3 nitrogen and oxygen atoms in total. The van der Waals surface area contributed by atoms with Gasteiger partial charge < -0.3 is 5.32 Å². The molecule has 0 spiro atoms. The van der Waals surface area contributed by atoms with Crippen LogP contribution < -0.4 is 5.32 Å². The van der Waals surface area contributed by atoms with Gasteiger partial charge in [0.25, 0.3) is 0 Å². The number of nitrogens with one attached hydrogen (secondary N) is 1. The molecule has 0 aromatic heterocycles. The third kappa shape index (κ3) is 4.30. The maximum absolute atomic E-state index is 12.8. The minimum Gasteiger partial charge on any atom is -0.346 e. The average molecular weight is 241 g/mol. The number of hydrogen-bond donors (Lipinski definition) is 1. The van der Waals surface area contributed by atoms with Gasteiger partial charge in [0.2, 0.25) is 5.91 Å². The van der Waals surface area contributed by atoms with Crippen LogP contribution in [-0.4, -0.2) is 17.7 Å². The molecule has 0 saturated carbocycles. The fourth-order valence-corrected chi connectivity index (χ4v) is 1.29. The average Bonchev–Trinajstić information content (AvgIpc) is 2.14. The summed E-state index contributed by atoms with van der Waals surface area (Å²) >= 11 is 0. The quantitative estimate of drug-likeness (QED) is 0.870. The molecule has 0 saturated heterocycles. The van der Waals surface area contributed by atoms with Crippen LogP contribution in [0.15, 0.2) is 18.2 Å². The number of carbonyl (C=O) groups is 2. The van der Waals surface area contributed by atoms with Crippen LogP contribution in [0.3, 0.4) is 0 Å². The molecule has 0 fully saturated rings. The SMILES string of the molecule is CC(=O)[C@H](C)NC(=O)Cc1cc(F)cc(F)c1. The number of rotatable bonds is 4. The van der Waals surface area contributed by atoms with Crippen molar-refractivity contribution >= 4 is 11.7 Å². The van der Waals surface area contributed by atoms with Crippen molar-refractivity contribution in [3.8, 4) is 0 Å². The fraction of sp³-hybridized carbons (Fsp3) is 0.333. The van der Waals surface area contributed by atoms with E-state index in [1.807, 2.05) is 0 Å². The maximum Gasteiger partial charge on any atom is 0.224 e. The van der Waals surface area contributed by atoms with Crippen molar-refractivity contribution < 1.29 is 18.4 Å². The van der Waals surface area contributed by atoms with Crippen LogP contribution in [0.2, 0.25) is 0 Å². The van der Waals surface area contributed by atoms with Gasteiger partial charge in [0.1, 0.15) is 11.6 Å². The van der Waals surface area contributed by atoms with Crippen LogP contribution in [0.5, 0.6) is 0 Å². The Bertz CT molecular complexity index is 426. The maximum atomic E-state index is 12.8. The van der Waals surface area contributed by atoms with E-state index in [0.717, 1.165) is 18.2 Å². The van der Waals surface area contributed by atoms with Gasteiger partial charge in [-0.15, -0.1) is 0 Å². The first-order valence-electron chi connectivity index (χ1n) is 5.13. The zero-order chi connectivity index (χ0) is 13.0. The van der Waals surface area contributed by atoms with Crippen molar-refractivity contribution in [3.63, 3.8) is 0 Å². The van der Waals surface area contributed by atoms with Crippen LogP contribution in [0.4, 0.5) is 8.78 Å². The Kier molecular flexibility index (Phi) is 4.31. The zero-order valence-corrected chi connectivity index (χ0v) is 9.59. The summed E-state index contributed by atoms with van der Waals surface area (Å²) in [7, 11) is 0. The molecule has 1 atom stereocenters. The summed E-state index contributed by atoms with van der Waals surface area (Å²) in [5.41, 5.74) is 0.232. The molecule has 92 valence electrons. The number of hydrogen-bond acceptors (Lipinski definition) is 2. The molecule has 17 heavy (non-hydrogen) atoms. The molecule has 1 N–H and O–H groups in total. The Labute approximate surface area is 97.8 Å². The molecular formula is C12H13F2NO2. The van der Waals surface area contributed by atoms with Crippen molar-refractivity contribution in [2.24, 2.45) is 0 Å². The van der Waals surface area contributed by atoms with Crippen LogP contribution in [0, 0.1) is 11.6 Å². The summed E-state index contributed by atoms with van der Waals surface area (Å²) in [5.74, 6) is -2.08. The van der Waals surface area contributed by atoms with Gasteiger partial charge in [0, 0.05) is 6.07 Å². The van der Waals surface area contributed by atoms with E-state index < -0.39 is 23.6 Å². The number of carbonyl (C=O) groups excluding carboxylic acids is 2. The Morgan fingerprint density at radius 3 is 2.24 bits per heavy atom. The van der Waals surface area contributed by atoms with Crippen LogP contribution >= 0.6 is 0 Å². The summed E-state index contributed by atoms with van der Waals surface area (Å²) in [6, 6.07) is 2.31. The van der Waals surface area contributed by atoms with Gasteiger partial charge in [0.05, 0.1) is 12.5 Å². The van der Waals surface area contributed by atoms with Crippen molar-refractivity contribution in [3.05, 3.63) is 35.4 Å². The van der Waals surface area contributed by atoms with Gasteiger partial charge in [-0.25, -0.2) is 8.78 Å². The molecule has 1 rings (SSSR count). The summed E-state index contributed by atoms with van der Waals surface area (Å²) in [4.78, 5) is 22.3. The molecule has 0 aliphatic rings. The Balaban J connectivity index is 2.65. The third-order valence-corrected chi connectivity index (χ3v) is 2.27. The van der Waals surface area contributed by atoms with Gasteiger partial charge in [-0.1, -0.05) is 0 Å². The van der Waals surface area contributed by atoms with Gasteiger partial charge >= 0.3 is 0 Å². The van der Waals surface area contributed by atoms with Crippen molar-refractivity contribution in [1.82, 2.24) is 5.32 Å². The minimum absolute atomic E-state index is 0.160. The second-order valence-electron chi connectivity index (χ2n) is 3.85. The molecular weight excluding hydrogens is 228 g/mol. The molecule has 1 aromatic carbocycles. The lowest BCUT2D eigenvalue weighted by molar-refractivity contribution is -0.126. The van der Waals surface area contributed by atoms with Gasteiger partial charge in [-0.2, -0.15) is 0 Å². The summed E-state index contributed by atoms with van der Waals surface area (Å²) in [5, 5.41) is 2.43. The highest BCUT2D eigenvalue weighted by Gasteiger charge is 2.12. The number of halogens is 2. The zero-order valence-electron chi connectivity index (χ0n) is 9.59. The molecule has 0 unspecified atom stereocenters. The molecule has 0 radical (unpaired) electrons. The Morgan fingerprint density at radius 1 is 1.24 bits per heavy atom. The summed E-state index contributed by atoms with van der Waals surface area (Å²) in [6.07, 6.45) is -0.160. The third-order valence-electron chi connectivity index (χ3n) is 2.27. The standard InChI is InChI=1S/C12H13F2NO2/c1-7(8(2)16)15-12(17)5-9-3-10(13)6-11(14)4-9/h3-4,6-7H,5H2,1-2H3,(H,15,17)/t7-/m0/s1. The van der Waals surface area contributed by atoms with Crippen LogP contribution in [-0.2, 0) is 16.0 Å². The lowest BCUT2D eigenvalue weighted by Gasteiger charge is -2.10. The summed E-state index contributed by atoms with van der Waals surface area (Å²) in [6.45, 7) is 2.90. The van der Waals surface area contributed by atoms with E-state index in [-0.39, 0.29) is 17.8 Å².